The number of hydrogen-bond acceptors (Lipinski definition) is 4. The fourth-order valence-corrected chi connectivity index (χ4v) is 4.28. The van der Waals surface area contributed by atoms with Gasteiger partial charge in [-0.15, -0.1) is 25.6 Å². The number of benzene rings is 1. The van der Waals surface area contributed by atoms with E-state index in [0.717, 1.165) is 16.4 Å². The van der Waals surface area contributed by atoms with Crippen LogP contribution in [0, 0.1) is 5.41 Å². The van der Waals surface area contributed by atoms with Gasteiger partial charge < -0.3 is 10.5 Å². The average Bonchev–Trinajstić information content (AvgIpc) is 2.40. The van der Waals surface area contributed by atoms with Crippen LogP contribution in [0.25, 0.3) is 0 Å². The van der Waals surface area contributed by atoms with Crippen molar-refractivity contribution in [2.24, 2.45) is 11.1 Å². The minimum absolute atomic E-state index is 0. The molecule has 1 aliphatic rings. The largest absolute Gasteiger partial charge is 0.573 e. The molecule has 10 heteroatoms. The highest BCUT2D eigenvalue weighted by molar-refractivity contribution is 7.89. The van der Waals surface area contributed by atoms with Gasteiger partial charge in [0.15, 0.2) is 0 Å². The molecule has 5 nitrogen and oxygen atoms in total. The predicted octanol–water partition coefficient (Wildman–Crippen LogP) is 2.75. The minimum atomic E-state index is -4.96. The van der Waals surface area contributed by atoms with Crippen molar-refractivity contribution in [2.75, 3.05) is 13.1 Å². The standard InChI is InChI=1S/C14H19F3N2O3S.ClH/c1-13(2)9-19(8-7-12(13)18)23(20,21)11-6-4-3-5-10(11)22-14(15,16)17;/h3-6,12H,7-9,18H2,1-2H3;1H. The van der Waals surface area contributed by atoms with E-state index >= 15 is 0 Å². The highest BCUT2D eigenvalue weighted by Gasteiger charge is 2.41. The van der Waals surface area contributed by atoms with E-state index < -0.39 is 32.4 Å². The number of ether oxygens (including phenoxy) is 1. The van der Waals surface area contributed by atoms with Gasteiger partial charge in [-0.1, -0.05) is 26.0 Å². The van der Waals surface area contributed by atoms with Crippen molar-refractivity contribution in [1.29, 1.82) is 0 Å². The molecule has 1 fully saturated rings. The second kappa shape index (κ2) is 7.07. The maximum Gasteiger partial charge on any atom is 0.573 e. The molecule has 138 valence electrons. The molecule has 1 unspecified atom stereocenters. The number of hydrogen-bond donors (Lipinski definition) is 1. The normalized spacial score (nSPS) is 21.8. The molecule has 24 heavy (non-hydrogen) atoms. The molecular formula is C14H20ClF3N2O3S. The van der Waals surface area contributed by atoms with Gasteiger partial charge in [0.2, 0.25) is 10.0 Å². The zero-order valence-electron chi connectivity index (χ0n) is 13.2. The van der Waals surface area contributed by atoms with Crippen LogP contribution in [0.1, 0.15) is 20.3 Å². The second-order valence-corrected chi connectivity index (χ2v) is 8.12. The number of piperidine rings is 1. The summed E-state index contributed by atoms with van der Waals surface area (Å²) in [5, 5.41) is 0. The van der Waals surface area contributed by atoms with Gasteiger partial charge in [0.25, 0.3) is 0 Å². The molecular weight excluding hydrogens is 369 g/mol. The summed E-state index contributed by atoms with van der Waals surface area (Å²) in [6.45, 7) is 3.96. The molecule has 0 aromatic heterocycles. The van der Waals surface area contributed by atoms with E-state index in [0.29, 0.717) is 6.42 Å². The molecule has 2 N–H and O–H groups in total. The Morgan fingerprint density at radius 1 is 1.29 bits per heavy atom. The van der Waals surface area contributed by atoms with E-state index in [2.05, 4.69) is 4.74 Å². The number of rotatable bonds is 3. The summed E-state index contributed by atoms with van der Waals surface area (Å²) in [6, 6.07) is 4.57. The highest BCUT2D eigenvalue weighted by atomic mass is 35.5. The number of alkyl halides is 3. The van der Waals surface area contributed by atoms with Crippen molar-refractivity contribution < 1.29 is 26.3 Å². The number of nitrogens with zero attached hydrogens (tertiary/aromatic N) is 1. The van der Waals surface area contributed by atoms with Crippen molar-refractivity contribution in [2.45, 2.75) is 37.6 Å². The van der Waals surface area contributed by atoms with Crippen LogP contribution in [0.5, 0.6) is 5.75 Å². The lowest BCUT2D eigenvalue weighted by Gasteiger charge is -2.41. The average molecular weight is 389 g/mol. The molecule has 1 aliphatic heterocycles. The van der Waals surface area contributed by atoms with Gasteiger partial charge in [-0.25, -0.2) is 8.42 Å². The van der Waals surface area contributed by atoms with E-state index in [1.807, 2.05) is 13.8 Å². The Kier molecular flexibility index (Phi) is 6.19. The minimum Gasteiger partial charge on any atom is -0.404 e. The number of para-hydroxylation sites is 1. The Morgan fingerprint density at radius 2 is 1.88 bits per heavy atom. The Balaban J connectivity index is 0.00000288. The van der Waals surface area contributed by atoms with Crippen molar-refractivity contribution in [3.63, 3.8) is 0 Å². The van der Waals surface area contributed by atoms with E-state index in [9.17, 15) is 21.6 Å². The van der Waals surface area contributed by atoms with Gasteiger partial charge in [-0.3, -0.25) is 0 Å². The third-order valence-electron chi connectivity index (χ3n) is 3.97. The topological polar surface area (TPSA) is 72.6 Å². The summed E-state index contributed by atoms with van der Waals surface area (Å²) in [7, 11) is -4.11. The Labute approximate surface area is 145 Å². The predicted molar refractivity (Wildman–Crippen MR) is 85.5 cm³/mol. The third kappa shape index (κ3) is 4.53. The number of nitrogens with two attached hydrogens (primary N) is 1. The van der Waals surface area contributed by atoms with E-state index in [1.165, 1.54) is 12.1 Å². The summed E-state index contributed by atoms with van der Waals surface area (Å²) in [5.41, 5.74) is 5.51. The van der Waals surface area contributed by atoms with Crippen LogP contribution in [0.4, 0.5) is 13.2 Å². The lowest BCUT2D eigenvalue weighted by Crippen LogP contribution is -2.53. The molecule has 0 amide bonds. The summed E-state index contributed by atoms with van der Waals surface area (Å²) in [6.07, 6.45) is -4.52. The van der Waals surface area contributed by atoms with Crippen LogP contribution in [0.2, 0.25) is 0 Å². The Morgan fingerprint density at radius 3 is 2.42 bits per heavy atom. The first-order valence-corrected chi connectivity index (χ1v) is 8.48. The van der Waals surface area contributed by atoms with Crippen molar-refractivity contribution in [3.05, 3.63) is 24.3 Å². The summed E-state index contributed by atoms with van der Waals surface area (Å²) >= 11 is 0. The molecule has 1 aromatic rings. The zero-order valence-corrected chi connectivity index (χ0v) is 14.8. The fourth-order valence-electron chi connectivity index (χ4n) is 2.54. The van der Waals surface area contributed by atoms with Gasteiger partial charge in [-0.05, 0) is 24.0 Å². The van der Waals surface area contributed by atoms with Crippen molar-refractivity contribution in [1.82, 2.24) is 4.31 Å². The number of sulfonamides is 1. The van der Waals surface area contributed by atoms with Crippen LogP contribution in [-0.4, -0.2) is 38.2 Å². The molecule has 1 aromatic carbocycles. The van der Waals surface area contributed by atoms with E-state index in [-0.39, 0.29) is 31.5 Å². The van der Waals surface area contributed by atoms with Gasteiger partial charge in [0.05, 0.1) is 0 Å². The summed E-state index contributed by atoms with van der Waals surface area (Å²) < 4.78 is 67.9. The summed E-state index contributed by atoms with van der Waals surface area (Å²) in [4.78, 5) is -0.497. The van der Waals surface area contributed by atoms with Gasteiger partial charge >= 0.3 is 6.36 Å². The van der Waals surface area contributed by atoms with Gasteiger partial charge in [-0.2, -0.15) is 4.31 Å². The molecule has 0 bridgehead atoms. The SMILES string of the molecule is CC1(C)CN(S(=O)(=O)c2ccccc2OC(F)(F)F)CCC1N.Cl. The van der Waals surface area contributed by atoms with Gasteiger partial charge in [0.1, 0.15) is 10.6 Å². The first kappa shape index (κ1) is 21.0. The highest BCUT2D eigenvalue weighted by Crippen LogP contribution is 2.35. The van der Waals surface area contributed by atoms with Gasteiger partial charge in [0, 0.05) is 19.1 Å². The van der Waals surface area contributed by atoms with E-state index in [4.69, 9.17) is 5.73 Å². The van der Waals surface area contributed by atoms with Crippen LogP contribution >= 0.6 is 12.4 Å². The Bertz CT molecular complexity index is 680. The van der Waals surface area contributed by atoms with Crippen LogP contribution in [0.15, 0.2) is 29.2 Å². The summed E-state index contributed by atoms with van der Waals surface area (Å²) in [5.74, 6) is -0.729. The molecule has 0 spiro atoms. The van der Waals surface area contributed by atoms with Crippen molar-refractivity contribution in [3.8, 4) is 5.75 Å². The third-order valence-corrected chi connectivity index (χ3v) is 5.85. The first-order chi connectivity index (χ1) is 10.4. The fraction of sp³-hybridized carbons (Fsp3) is 0.571. The molecule has 2 rings (SSSR count). The zero-order chi connectivity index (χ0) is 17.5. The molecule has 1 saturated heterocycles. The molecule has 1 heterocycles. The smallest absolute Gasteiger partial charge is 0.404 e. The monoisotopic (exact) mass is 388 g/mol. The maximum atomic E-state index is 12.7. The van der Waals surface area contributed by atoms with Crippen molar-refractivity contribution >= 4 is 22.4 Å². The Hall–Kier alpha value is -1.03. The number of halogens is 4. The van der Waals surface area contributed by atoms with Crippen LogP contribution in [0.3, 0.4) is 0 Å². The lowest BCUT2D eigenvalue weighted by atomic mass is 9.81. The maximum absolute atomic E-state index is 12.7. The second-order valence-electron chi connectivity index (χ2n) is 6.22. The quantitative estimate of drug-likeness (QED) is 0.864. The van der Waals surface area contributed by atoms with Crippen LogP contribution < -0.4 is 10.5 Å². The lowest BCUT2D eigenvalue weighted by molar-refractivity contribution is -0.275. The first-order valence-electron chi connectivity index (χ1n) is 7.04. The molecule has 0 aliphatic carbocycles. The van der Waals surface area contributed by atoms with E-state index in [1.54, 1.807) is 0 Å². The molecule has 1 atom stereocenters. The molecule has 0 radical (unpaired) electrons. The molecule has 0 saturated carbocycles. The van der Waals surface area contributed by atoms with Crippen LogP contribution in [-0.2, 0) is 10.0 Å².